The van der Waals surface area contributed by atoms with Crippen LogP contribution in [0.4, 0.5) is 30.2 Å². The summed E-state index contributed by atoms with van der Waals surface area (Å²) < 4.78 is 52.3. The van der Waals surface area contributed by atoms with Gasteiger partial charge >= 0.3 is 12.1 Å². The highest BCUT2D eigenvalue weighted by molar-refractivity contribution is 7.10. The van der Waals surface area contributed by atoms with E-state index >= 15 is 0 Å². The Labute approximate surface area is 233 Å². The molecule has 1 N–H and O–H groups in total. The Morgan fingerprint density at radius 1 is 1.12 bits per heavy atom. The van der Waals surface area contributed by atoms with Crippen LogP contribution in [-0.2, 0) is 11.0 Å². The summed E-state index contributed by atoms with van der Waals surface area (Å²) in [7, 11) is 3.00. The summed E-state index contributed by atoms with van der Waals surface area (Å²) in [6, 6.07) is 12.1. The van der Waals surface area contributed by atoms with Crippen LogP contribution >= 0.6 is 11.3 Å². The van der Waals surface area contributed by atoms with Crippen LogP contribution in [0.15, 0.2) is 58.9 Å². The van der Waals surface area contributed by atoms with Crippen molar-refractivity contribution in [3.05, 3.63) is 64.4 Å². The molecule has 12 heteroatoms. The summed E-state index contributed by atoms with van der Waals surface area (Å²) in [6.45, 7) is 3.69. The van der Waals surface area contributed by atoms with E-state index in [2.05, 4.69) is 11.8 Å². The lowest BCUT2D eigenvalue weighted by Gasteiger charge is -2.47. The molecule has 2 unspecified atom stereocenters. The predicted molar refractivity (Wildman–Crippen MR) is 148 cm³/mol. The van der Waals surface area contributed by atoms with Gasteiger partial charge in [-0.3, -0.25) is 9.69 Å². The molecule has 2 atom stereocenters. The van der Waals surface area contributed by atoms with Gasteiger partial charge in [0.15, 0.2) is 0 Å². The molecule has 1 aromatic heterocycles. The zero-order valence-electron chi connectivity index (χ0n) is 22.2. The summed E-state index contributed by atoms with van der Waals surface area (Å²) in [5.41, 5.74) is 0.878. The molecule has 0 spiro atoms. The monoisotopic (exact) mass is 574 g/mol. The number of nitrogens with zero attached hydrogens (tertiary/aromatic N) is 4. The summed E-state index contributed by atoms with van der Waals surface area (Å²) in [4.78, 5) is 23.5. The minimum Gasteiger partial charge on any atom is -0.497 e. The first kappa shape index (κ1) is 27.6. The van der Waals surface area contributed by atoms with Crippen molar-refractivity contribution in [2.75, 3.05) is 43.7 Å². The molecule has 8 nitrogen and oxygen atoms in total. The van der Waals surface area contributed by atoms with Gasteiger partial charge in [0, 0.05) is 37.4 Å². The second kappa shape index (κ2) is 10.9. The number of methoxy groups -OCH3 is 2. The number of aliphatic imine (C=N–C) groups is 1. The van der Waals surface area contributed by atoms with Crippen LogP contribution in [0.25, 0.3) is 0 Å². The van der Waals surface area contributed by atoms with E-state index in [-0.39, 0.29) is 23.9 Å². The summed E-state index contributed by atoms with van der Waals surface area (Å²) in [5, 5.41) is 11.7. The molecule has 0 bridgehead atoms. The van der Waals surface area contributed by atoms with Gasteiger partial charge in [-0.1, -0.05) is 6.07 Å². The third-order valence-corrected chi connectivity index (χ3v) is 8.16. The number of guanidine groups is 1. The Kier molecular flexibility index (Phi) is 7.54. The normalized spacial score (nSPS) is 19.2. The lowest BCUT2D eigenvalue weighted by molar-refractivity contribution is -0.138. The van der Waals surface area contributed by atoms with Crippen molar-refractivity contribution < 1.29 is 32.5 Å². The van der Waals surface area contributed by atoms with E-state index in [1.807, 2.05) is 40.6 Å². The maximum absolute atomic E-state index is 13.8. The quantitative estimate of drug-likeness (QED) is 0.386. The third-order valence-electron chi connectivity index (χ3n) is 7.15. The number of ether oxygens (including phenoxy) is 2. The van der Waals surface area contributed by atoms with Crippen LogP contribution in [0.2, 0.25) is 0 Å². The average molecular weight is 575 g/mol. The van der Waals surface area contributed by atoms with Crippen LogP contribution in [-0.4, -0.2) is 61.8 Å². The second-order valence-electron chi connectivity index (χ2n) is 9.64. The van der Waals surface area contributed by atoms with E-state index in [1.165, 1.54) is 24.5 Å². The number of carboxylic acid groups (broad SMARTS) is 1. The number of benzene rings is 2. The molecule has 2 aliphatic heterocycles. The molecule has 1 saturated heterocycles. The summed E-state index contributed by atoms with van der Waals surface area (Å²) in [5.74, 6) is 0.261. The number of halogens is 3. The van der Waals surface area contributed by atoms with Crippen LogP contribution in [0.1, 0.15) is 29.8 Å². The van der Waals surface area contributed by atoms with E-state index in [0.29, 0.717) is 36.2 Å². The van der Waals surface area contributed by atoms with Gasteiger partial charge in [0.2, 0.25) is 5.96 Å². The number of hydrogen-bond acceptors (Lipinski definition) is 8. The summed E-state index contributed by atoms with van der Waals surface area (Å²) in [6.07, 6.45) is -4.92. The van der Waals surface area contributed by atoms with Crippen LogP contribution < -0.4 is 19.3 Å². The van der Waals surface area contributed by atoms with E-state index in [4.69, 9.17) is 14.5 Å². The standard InChI is InChI=1S/C28H29F3N4O4S/c1-17-16-33(10-11-34(17)19-5-4-6-20(14-19)38-2)27-32-21-9-12-40-26(21)23(15-25(36)37)35(27)22-13-18(28(29,30)31)7-8-24(22)39-3/h4-9,12-14,17,23H,10-11,15-16H2,1-3H3,(H,36,37). The number of piperazine rings is 1. The fourth-order valence-electron chi connectivity index (χ4n) is 5.29. The molecule has 212 valence electrons. The first-order valence-electron chi connectivity index (χ1n) is 12.7. The van der Waals surface area contributed by atoms with Gasteiger partial charge in [-0.05, 0) is 48.7 Å². The van der Waals surface area contributed by atoms with Gasteiger partial charge in [-0.25, -0.2) is 4.99 Å². The van der Waals surface area contributed by atoms with E-state index < -0.39 is 23.8 Å². The first-order chi connectivity index (χ1) is 19.1. The molecule has 0 saturated carbocycles. The van der Waals surface area contributed by atoms with E-state index in [9.17, 15) is 23.1 Å². The largest absolute Gasteiger partial charge is 0.497 e. The molecule has 2 aliphatic rings. The van der Waals surface area contributed by atoms with Crippen molar-refractivity contribution in [2.24, 2.45) is 4.99 Å². The lowest BCUT2D eigenvalue weighted by atomic mass is 10.0. The number of fused-ring (bicyclic) bond motifs is 1. The topological polar surface area (TPSA) is 77.8 Å². The molecule has 5 rings (SSSR count). The van der Waals surface area contributed by atoms with Gasteiger partial charge < -0.3 is 24.4 Å². The number of thiophene rings is 1. The average Bonchev–Trinajstić information content (AvgIpc) is 3.40. The highest BCUT2D eigenvalue weighted by atomic mass is 32.1. The Morgan fingerprint density at radius 2 is 1.93 bits per heavy atom. The van der Waals surface area contributed by atoms with Gasteiger partial charge in [-0.2, -0.15) is 13.2 Å². The maximum Gasteiger partial charge on any atom is 0.416 e. The molecule has 1 fully saturated rings. The fraction of sp³-hybridized carbons (Fsp3) is 0.357. The molecule has 3 heterocycles. The number of carboxylic acids is 1. The predicted octanol–water partition coefficient (Wildman–Crippen LogP) is 6.02. The highest BCUT2D eigenvalue weighted by Gasteiger charge is 2.41. The Hall–Kier alpha value is -3.93. The SMILES string of the molecule is COc1cccc(N2CCN(C3=Nc4ccsc4C(CC(=O)O)N3c3cc(C(F)(F)F)ccc3OC)CC2C)c1. The minimum atomic E-state index is -4.60. The molecule has 2 aromatic carbocycles. The smallest absolute Gasteiger partial charge is 0.416 e. The van der Waals surface area contributed by atoms with Crippen molar-refractivity contribution in [2.45, 2.75) is 31.6 Å². The molecular formula is C28H29F3N4O4S. The molecule has 3 aromatic rings. The molecule has 0 aliphatic carbocycles. The third kappa shape index (κ3) is 5.27. The number of rotatable bonds is 6. The Balaban J connectivity index is 1.58. The van der Waals surface area contributed by atoms with Crippen molar-refractivity contribution in [3.63, 3.8) is 0 Å². The van der Waals surface area contributed by atoms with Crippen molar-refractivity contribution >= 4 is 40.3 Å². The van der Waals surface area contributed by atoms with Gasteiger partial charge in [-0.15, -0.1) is 11.3 Å². The highest BCUT2D eigenvalue weighted by Crippen LogP contribution is 2.47. The fourth-order valence-corrected chi connectivity index (χ4v) is 6.21. The van der Waals surface area contributed by atoms with Gasteiger partial charge in [0.25, 0.3) is 0 Å². The number of anilines is 2. The zero-order chi connectivity index (χ0) is 28.6. The minimum absolute atomic E-state index is 0.00982. The van der Waals surface area contributed by atoms with Crippen molar-refractivity contribution in [1.29, 1.82) is 0 Å². The number of aliphatic carboxylic acids is 1. The second-order valence-corrected chi connectivity index (χ2v) is 10.6. The van der Waals surface area contributed by atoms with Crippen molar-refractivity contribution in [1.82, 2.24) is 4.90 Å². The van der Waals surface area contributed by atoms with Crippen molar-refractivity contribution in [3.8, 4) is 11.5 Å². The lowest BCUT2D eigenvalue weighted by Crippen LogP contribution is -2.58. The molecule has 40 heavy (non-hydrogen) atoms. The van der Waals surface area contributed by atoms with E-state index in [0.717, 1.165) is 23.6 Å². The molecular weight excluding hydrogens is 545 g/mol. The van der Waals surface area contributed by atoms with E-state index in [1.54, 1.807) is 12.0 Å². The Bertz CT molecular complexity index is 1430. The number of alkyl halides is 3. The Morgan fingerprint density at radius 3 is 2.60 bits per heavy atom. The van der Waals surface area contributed by atoms with Crippen LogP contribution in [0.3, 0.4) is 0 Å². The van der Waals surface area contributed by atoms with Crippen LogP contribution in [0.5, 0.6) is 11.5 Å². The molecule has 0 radical (unpaired) electrons. The summed E-state index contributed by atoms with van der Waals surface area (Å²) >= 11 is 1.33. The number of carbonyl (C=O) groups is 1. The zero-order valence-corrected chi connectivity index (χ0v) is 23.0. The first-order valence-corrected chi connectivity index (χ1v) is 13.6. The van der Waals surface area contributed by atoms with Gasteiger partial charge in [0.05, 0.1) is 48.5 Å². The maximum atomic E-state index is 13.8. The van der Waals surface area contributed by atoms with Crippen LogP contribution in [0, 0.1) is 0 Å². The van der Waals surface area contributed by atoms with Gasteiger partial charge in [0.1, 0.15) is 11.5 Å². The number of hydrogen-bond donors (Lipinski definition) is 1. The molecule has 0 amide bonds.